The molecule has 2 N–H and O–H groups in total. The number of benzene rings is 1. The molecule has 98 valence electrons. The highest BCUT2D eigenvalue weighted by Crippen LogP contribution is 2.36. The number of hydrogen-bond donors (Lipinski definition) is 1. The van der Waals surface area contributed by atoms with Crippen LogP contribution in [0.4, 0.5) is 0 Å². The predicted octanol–water partition coefficient (Wildman–Crippen LogP) is 2.79. The Morgan fingerprint density at radius 3 is 2.61 bits per heavy atom. The van der Waals surface area contributed by atoms with Gasteiger partial charge in [-0.2, -0.15) is 0 Å². The van der Waals surface area contributed by atoms with E-state index < -0.39 is 5.91 Å². The van der Waals surface area contributed by atoms with Crippen molar-refractivity contribution in [2.75, 3.05) is 13.7 Å². The first-order chi connectivity index (χ1) is 8.45. The number of rotatable bonds is 5. The summed E-state index contributed by atoms with van der Waals surface area (Å²) in [5, 5.41) is 0.297. The first-order valence-electron chi connectivity index (χ1n) is 5.39. The summed E-state index contributed by atoms with van der Waals surface area (Å²) < 4.78 is 10.7. The van der Waals surface area contributed by atoms with Gasteiger partial charge in [-0.3, -0.25) is 4.79 Å². The number of halogens is 1. The maximum atomic E-state index is 11.1. The molecule has 1 rings (SSSR count). The van der Waals surface area contributed by atoms with Gasteiger partial charge in [0.05, 0.1) is 12.1 Å². The van der Waals surface area contributed by atoms with Crippen molar-refractivity contribution in [2.24, 2.45) is 5.73 Å². The van der Waals surface area contributed by atoms with E-state index in [1.165, 1.54) is 19.2 Å². The molecule has 0 fully saturated rings. The van der Waals surface area contributed by atoms with Crippen LogP contribution < -0.4 is 15.2 Å². The number of primary amides is 1. The Hall–Kier alpha value is -1.68. The van der Waals surface area contributed by atoms with E-state index in [-0.39, 0.29) is 5.56 Å². The topological polar surface area (TPSA) is 61.5 Å². The molecule has 0 saturated carbocycles. The van der Waals surface area contributed by atoms with Crippen LogP contribution >= 0.6 is 11.6 Å². The number of hydrogen-bond acceptors (Lipinski definition) is 3. The number of carbonyl (C=O) groups excluding carboxylic acids is 1. The van der Waals surface area contributed by atoms with Gasteiger partial charge >= 0.3 is 0 Å². The lowest BCUT2D eigenvalue weighted by Gasteiger charge is -2.12. The van der Waals surface area contributed by atoms with Crippen LogP contribution in [0.2, 0.25) is 5.02 Å². The Labute approximate surface area is 111 Å². The fourth-order valence-electron chi connectivity index (χ4n) is 1.29. The van der Waals surface area contributed by atoms with E-state index >= 15 is 0 Å². The average molecular weight is 270 g/mol. The number of amides is 1. The Kier molecular flexibility index (Phi) is 5.04. The molecular weight excluding hydrogens is 254 g/mol. The molecule has 5 heteroatoms. The second-order valence-corrected chi connectivity index (χ2v) is 4.35. The monoisotopic (exact) mass is 269 g/mol. The smallest absolute Gasteiger partial charge is 0.248 e. The summed E-state index contributed by atoms with van der Waals surface area (Å²) in [6.07, 6.45) is 1.91. The van der Waals surface area contributed by atoms with Crippen molar-refractivity contribution in [3.63, 3.8) is 0 Å². The van der Waals surface area contributed by atoms with Gasteiger partial charge in [-0.15, -0.1) is 0 Å². The number of methoxy groups -OCH3 is 1. The van der Waals surface area contributed by atoms with Crippen LogP contribution in [-0.4, -0.2) is 19.6 Å². The molecule has 18 heavy (non-hydrogen) atoms. The van der Waals surface area contributed by atoms with Gasteiger partial charge < -0.3 is 15.2 Å². The van der Waals surface area contributed by atoms with Crippen LogP contribution in [0.25, 0.3) is 0 Å². The summed E-state index contributed by atoms with van der Waals surface area (Å²) in [6.45, 7) is 4.32. The van der Waals surface area contributed by atoms with E-state index in [0.29, 0.717) is 23.1 Å². The lowest BCUT2D eigenvalue weighted by molar-refractivity contribution is 0.1000. The number of carbonyl (C=O) groups is 1. The second kappa shape index (κ2) is 6.31. The van der Waals surface area contributed by atoms with Gasteiger partial charge in [-0.05, 0) is 32.1 Å². The molecule has 0 bridgehead atoms. The van der Waals surface area contributed by atoms with Crippen LogP contribution in [0, 0.1) is 0 Å². The maximum absolute atomic E-state index is 11.1. The molecule has 0 aliphatic heterocycles. The van der Waals surface area contributed by atoms with Crippen molar-refractivity contribution < 1.29 is 14.3 Å². The fraction of sp³-hybridized carbons (Fsp3) is 0.308. The quantitative estimate of drug-likeness (QED) is 0.836. The van der Waals surface area contributed by atoms with Crippen LogP contribution in [0.5, 0.6) is 11.5 Å². The highest BCUT2D eigenvalue weighted by Gasteiger charge is 2.13. The van der Waals surface area contributed by atoms with E-state index in [2.05, 4.69) is 0 Å². The third-order valence-corrected chi connectivity index (χ3v) is 2.51. The third kappa shape index (κ3) is 3.67. The maximum Gasteiger partial charge on any atom is 0.248 e. The summed E-state index contributed by atoms with van der Waals surface area (Å²) >= 11 is 6.04. The van der Waals surface area contributed by atoms with Gasteiger partial charge in [-0.25, -0.2) is 0 Å². The van der Waals surface area contributed by atoms with E-state index in [1.807, 2.05) is 19.9 Å². The minimum absolute atomic E-state index is 0.284. The van der Waals surface area contributed by atoms with Gasteiger partial charge in [-0.1, -0.05) is 17.2 Å². The zero-order valence-corrected chi connectivity index (χ0v) is 11.4. The molecule has 0 aromatic heterocycles. The number of nitrogens with two attached hydrogens (primary N) is 1. The summed E-state index contributed by atoms with van der Waals surface area (Å²) in [5.74, 6) is 0.228. The van der Waals surface area contributed by atoms with E-state index in [0.717, 1.165) is 5.57 Å². The Morgan fingerprint density at radius 1 is 1.44 bits per heavy atom. The van der Waals surface area contributed by atoms with Crippen molar-refractivity contribution >= 4 is 17.5 Å². The summed E-state index contributed by atoms with van der Waals surface area (Å²) in [5.41, 5.74) is 6.61. The lowest BCUT2D eigenvalue weighted by atomic mass is 10.2. The molecule has 0 spiro atoms. The number of allylic oxidation sites excluding steroid dienone is 1. The molecule has 0 saturated heterocycles. The highest BCUT2D eigenvalue weighted by molar-refractivity contribution is 6.32. The van der Waals surface area contributed by atoms with Gasteiger partial charge in [0.15, 0.2) is 11.5 Å². The van der Waals surface area contributed by atoms with Gasteiger partial charge in [0.25, 0.3) is 0 Å². The second-order valence-electron chi connectivity index (χ2n) is 3.95. The van der Waals surface area contributed by atoms with Crippen molar-refractivity contribution in [3.05, 3.63) is 34.4 Å². The molecule has 0 aliphatic carbocycles. The zero-order valence-electron chi connectivity index (χ0n) is 10.6. The Balaban J connectivity index is 3.03. The molecule has 0 unspecified atom stereocenters. The Morgan fingerprint density at radius 2 is 2.11 bits per heavy atom. The lowest BCUT2D eigenvalue weighted by Crippen LogP contribution is -2.11. The highest BCUT2D eigenvalue weighted by atomic mass is 35.5. The average Bonchev–Trinajstić information content (AvgIpc) is 2.29. The molecule has 0 heterocycles. The first-order valence-corrected chi connectivity index (χ1v) is 5.77. The zero-order chi connectivity index (χ0) is 13.7. The van der Waals surface area contributed by atoms with Gasteiger partial charge in [0, 0.05) is 5.56 Å². The first kappa shape index (κ1) is 14.4. The summed E-state index contributed by atoms with van der Waals surface area (Å²) in [6, 6.07) is 2.97. The SMILES string of the molecule is COc1cc(C(N)=O)cc(Cl)c1OCC=C(C)C. The predicted molar refractivity (Wildman–Crippen MR) is 71.4 cm³/mol. The molecule has 1 amide bonds. The largest absolute Gasteiger partial charge is 0.493 e. The standard InChI is InChI=1S/C13H16ClNO3/c1-8(2)4-5-18-12-10(14)6-9(13(15)16)7-11(12)17-3/h4,6-7H,5H2,1-3H3,(H2,15,16). The van der Waals surface area contributed by atoms with Crippen LogP contribution in [-0.2, 0) is 0 Å². The molecule has 0 atom stereocenters. The summed E-state index contributed by atoms with van der Waals surface area (Å²) in [7, 11) is 1.48. The summed E-state index contributed by atoms with van der Waals surface area (Å²) in [4.78, 5) is 11.1. The van der Waals surface area contributed by atoms with E-state index in [9.17, 15) is 4.79 Å². The minimum atomic E-state index is -0.564. The molecule has 0 aliphatic rings. The number of ether oxygens (including phenoxy) is 2. The van der Waals surface area contributed by atoms with Crippen LogP contribution in [0.3, 0.4) is 0 Å². The van der Waals surface area contributed by atoms with Gasteiger partial charge in [0.2, 0.25) is 5.91 Å². The molecule has 4 nitrogen and oxygen atoms in total. The van der Waals surface area contributed by atoms with E-state index in [4.69, 9.17) is 26.8 Å². The van der Waals surface area contributed by atoms with Crippen molar-refractivity contribution in [1.29, 1.82) is 0 Å². The van der Waals surface area contributed by atoms with Crippen molar-refractivity contribution in [3.8, 4) is 11.5 Å². The molecule has 1 aromatic carbocycles. The van der Waals surface area contributed by atoms with Crippen LogP contribution in [0.15, 0.2) is 23.8 Å². The Bertz CT molecular complexity index is 479. The molecule has 1 aromatic rings. The van der Waals surface area contributed by atoms with E-state index in [1.54, 1.807) is 0 Å². The van der Waals surface area contributed by atoms with Gasteiger partial charge in [0.1, 0.15) is 6.61 Å². The molecule has 0 radical (unpaired) electrons. The van der Waals surface area contributed by atoms with Crippen LogP contribution in [0.1, 0.15) is 24.2 Å². The molecular formula is C13H16ClNO3. The fourth-order valence-corrected chi connectivity index (χ4v) is 1.56. The van der Waals surface area contributed by atoms with Crippen molar-refractivity contribution in [1.82, 2.24) is 0 Å². The normalized spacial score (nSPS) is 9.78. The van der Waals surface area contributed by atoms with Crippen molar-refractivity contribution in [2.45, 2.75) is 13.8 Å². The minimum Gasteiger partial charge on any atom is -0.493 e. The third-order valence-electron chi connectivity index (χ3n) is 2.23.